The van der Waals surface area contributed by atoms with Gasteiger partial charge in [0, 0.05) is 6.42 Å². The second kappa shape index (κ2) is 4.42. The highest BCUT2D eigenvalue weighted by molar-refractivity contribution is 6.91. The van der Waals surface area contributed by atoms with Crippen LogP contribution in [-0.4, -0.2) is 20.7 Å². The Labute approximate surface area is 97.6 Å². The van der Waals surface area contributed by atoms with Crippen molar-refractivity contribution in [1.29, 1.82) is 0 Å². The first-order valence-electron chi connectivity index (χ1n) is 5.82. The number of hydrogen-bond donors (Lipinski definition) is 0. The fourth-order valence-corrected chi connectivity index (χ4v) is 5.44. The lowest BCUT2D eigenvalue weighted by Crippen LogP contribution is -2.48. The molecular weight excluding hydrogens is 216 g/mol. The van der Waals surface area contributed by atoms with E-state index in [0.29, 0.717) is 18.6 Å². The second-order valence-corrected chi connectivity index (χ2v) is 9.84. The molecular formula is C13H18O2Si. The molecule has 0 spiro atoms. The zero-order valence-electron chi connectivity index (χ0n) is 9.90. The number of carbonyl (C=O) groups excluding carboxylic acids is 1. The molecule has 0 unspecified atom stereocenters. The Hall–Kier alpha value is -1.09. The molecule has 1 aromatic rings. The first-order chi connectivity index (χ1) is 7.60. The molecule has 0 saturated carbocycles. The lowest BCUT2D eigenvalue weighted by atomic mass is 10.2. The van der Waals surface area contributed by atoms with Crippen molar-refractivity contribution in [2.24, 2.45) is 0 Å². The number of carbonyl (C=O) groups is 1. The molecule has 0 radical (unpaired) electrons. The maximum absolute atomic E-state index is 11.4. The minimum Gasteiger partial charge on any atom is -0.466 e. The van der Waals surface area contributed by atoms with E-state index in [2.05, 4.69) is 37.4 Å². The van der Waals surface area contributed by atoms with Gasteiger partial charge < -0.3 is 4.74 Å². The fraction of sp³-hybridized carbons (Fsp3) is 0.462. The van der Waals surface area contributed by atoms with Gasteiger partial charge in [-0.3, -0.25) is 4.79 Å². The Balaban J connectivity index is 2.21. The molecule has 1 aromatic carbocycles. The van der Waals surface area contributed by atoms with Crippen LogP contribution < -0.4 is 5.19 Å². The van der Waals surface area contributed by atoms with E-state index in [1.807, 2.05) is 6.07 Å². The third kappa shape index (κ3) is 2.19. The van der Waals surface area contributed by atoms with Crippen molar-refractivity contribution in [1.82, 2.24) is 0 Å². The molecule has 0 aliphatic carbocycles. The van der Waals surface area contributed by atoms with Crippen molar-refractivity contribution >= 4 is 19.2 Å². The molecule has 3 heteroatoms. The van der Waals surface area contributed by atoms with Gasteiger partial charge in [0.15, 0.2) is 0 Å². The van der Waals surface area contributed by atoms with E-state index in [0.717, 1.165) is 6.42 Å². The van der Waals surface area contributed by atoms with E-state index in [1.165, 1.54) is 5.19 Å². The molecule has 1 atom stereocenters. The van der Waals surface area contributed by atoms with Gasteiger partial charge in [-0.05, 0) is 12.0 Å². The summed E-state index contributed by atoms with van der Waals surface area (Å²) in [6.45, 7) is 5.31. The Morgan fingerprint density at radius 2 is 1.94 bits per heavy atom. The summed E-state index contributed by atoms with van der Waals surface area (Å²) < 4.78 is 5.02. The zero-order chi connectivity index (χ0) is 11.6. The summed E-state index contributed by atoms with van der Waals surface area (Å²) in [4.78, 5) is 11.4. The first kappa shape index (κ1) is 11.4. The quantitative estimate of drug-likeness (QED) is 0.580. The predicted molar refractivity (Wildman–Crippen MR) is 67.5 cm³/mol. The highest BCUT2D eigenvalue weighted by atomic mass is 28.3. The largest absolute Gasteiger partial charge is 0.466 e. The van der Waals surface area contributed by atoms with Gasteiger partial charge in [-0.15, -0.1) is 0 Å². The molecule has 16 heavy (non-hydrogen) atoms. The van der Waals surface area contributed by atoms with Crippen molar-refractivity contribution in [3.8, 4) is 0 Å². The van der Waals surface area contributed by atoms with Crippen LogP contribution in [0.15, 0.2) is 30.3 Å². The monoisotopic (exact) mass is 234 g/mol. The maximum atomic E-state index is 11.4. The van der Waals surface area contributed by atoms with E-state index in [4.69, 9.17) is 4.74 Å². The van der Waals surface area contributed by atoms with Crippen LogP contribution in [0, 0.1) is 0 Å². The number of benzene rings is 1. The molecule has 0 N–H and O–H groups in total. The summed E-state index contributed by atoms with van der Waals surface area (Å²) >= 11 is 0. The summed E-state index contributed by atoms with van der Waals surface area (Å²) in [5.74, 6) is -0.0206. The summed E-state index contributed by atoms with van der Waals surface area (Å²) in [5.41, 5.74) is 0.524. The molecule has 0 bridgehead atoms. The van der Waals surface area contributed by atoms with Crippen LogP contribution in [0.3, 0.4) is 0 Å². The smallest absolute Gasteiger partial charge is 0.305 e. The van der Waals surface area contributed by atoms with Gasteiger partial charge in [-0.2, -0.15) is 0 Å². The number of cyclic esters (lactones) is 1. The fourth-order valence-electron chi connectivity index (χ4n) is 2.40. The van der Waals surface area contributed by atoms with Crippen LogP contribution >= 0.6 is 0 Å². The van der Waals surface area contributed by atoms with Crippen molar-refractivity contribution < 1.29 is 9.53 Å². The van der Waals surface area contributed by atoms with Gasteiger partial charge in [-0.25, -0.2) is 0 Å². The average molecular weight is 234 g/mol. The standard InChI is InChI=1S/C13H18O2Si/c1-16(2,11-6-4-3-5-7-11)12-8-9-15-13(14)10-12/h3-7,12H,8-10H2,1-2H3/t12-/m0/s1. The van der Waals surface area contributed by atoms with E-state index in [-0.39, 0.29) is 5.97 Å². The highest BCUT2D eigenvalue weighted by Crippen LogP contribution is 2.32. The van der Waals surface area contributed by atoms with Crippen molar-refractivity contribution in [3.05, 3.63) is 30.3 Å². The molecule has 2 nitrogen and oxygen atoms in total. The zero-order valence-corrected chi connectivity index (χ0v) is 10.9. The number of rotatable bonds is 2. The van der Waals surface area contributed by atoms with Gasteiger partial charge in [0.25, 0.3) is 0 Å². The molecule has 1 aliphatic heterocycles. The van der Waals surface area contributed by atoms with Crippen LogP contribution in [0.2, 0.25) is 18.6 Å². The third-order valence-electron chi connectivity index (χ3n) is 3.68. The molecule has 1 heterocycles. The average Bonchev–Trinajstić information content (AvgIpc) is 2.30. The minimum atomic E-state index is -1.52. The Morgan fingerprint density at radius 1 is 1.25 bits per heavy atom. The van der Waals surface area contributed by atoms with Gasteiger partial charge in [0.1, 0.15) is 0 Å². The van der Waals surface area contributed by atoms with Crippen LogP contribution in [-0.2, 0) is 9.53 Å². The summed E-state index contributed by atoms with van der Waals surface area (Å²) in [5, 5.41) is 1.44. The lowest BCUT2D eigenvalue weighted by Gasteiger charge is -2.34. The molecule has 0 aromatic heterocycles. The van der Waals surface area contributed by atoms with Crippen LogP contribution in [0.25, 0.3) is 0 Å². The molecule has 0 amide bonds. The topological polar surface area (TPSA) is 26.3 Å². The number of hydrogen-bond acceptors (Lipinski definition) is 2. The van der Waals surface area contributed by atoms with Gasteiger partial charge >= 0.3 is 5.97 Å². The van der Waals surface area contributed by atoms with Gasteiger partial charge in [-0.1, -0.05) is 48.6 Å². The van der Waals surface area contributed by atoms with Crippen LogP contribution in [0.4, 0.5) is 0 Å². The Bertz CT molecular complexity index is 373. The van der Waals surface area contributed by atoms with E-state index in [9.17, 15) is 4.79 Å². The normalized spacial score (nSPS) is 21.6. The van der Waals surface area contributed by atoms with E-state index in [1.54, 1.807) is 0 Å². The summed E-state index contributed by atoms with van der Waals surface area (Å²) in [7, 11) is -1.52. The van der Waals surface area contributed by atoms with Crippen LogP contribution in [0.5, 0.6) is 0 Å². The molecule has 1 fully saturated rings. The van der Waals surface area contributed by atoms with E-state index < -0.39 is 8.07 Å². The lowest BCUT2D eigenvalue weighted by molar-refractivity contribution is -0.146. The van der Waals surface area contributed by atoms with Crippen molar-refractivity contribution in [2.75, 3.05) is 6.61 Å². The number of ether oxygens (including phenoxy) is 1. The van der Waals surface area contributed by atoms with Crippen molar-refractivity contribution in [2.45, 2.75) is 31.5 Å². The molecule has 1 aliphatic rings. The Kier molecular flexibility index (Phi) is 3.14. The van der Waals surface area contributed by atoms with Gasteiger partial charge in [0.05, 0.1) is 14.7 Å². The SMILES string of the molecule is C[Si](C)(c1ccccc1)[C@H]1CCOC(=O)C1. The third-order valence-corrected chi connectivity index (χ3v) is 8.04. The maximum Gasteiger partial charge on any atom is 0.305 e. The highest BCUT2D eigenvalue weighted by Gasteiger charge is 2.37. The van der Waals surface area contributed by atoms with Gasteiger partial charge in [0.2, 0.25) is 0 Å². The van der Waals surface area contributed by atoms with Crippen LogP contribution in [0.1, 0.15) is 12.8 Å². The second-order valence-electron chi connectivity index (χ2n) is 5.00. The summed E-state index contributed by atoms with van der Waals surface area (Å²) in [6.07, 6.45) is 1.63. The van der Waals surface area contributed by atoms with E-state index >= 15 is 0 Å². The van der Waals surface area contributed by atoms with Crippen molar-refractivity contribution in [3.63, 3.8) is 0 Å². The predicted octanol–water partition coefficient (Wildman–Crippen LogP) is 2.31. The first-order valence-corrected chi connectivity index (χ1v) is 8.89. The molecule has 2 rings (SSSR count). The molecule has 1 saturated heterocycles. The molecule has 86 valence electrons. The summed E-state index contributed by atoms with van der Waals surface area (Å²) in [6, 6.07) is 10.6. The Morgan fingerprint density at radius 3 is 2.56 bits per heavy atom. The minimum absolute atomic E-state index is 0.0206. The number of esters is 1.